The van der Waals surface area contributed by atoms with Crippen molar-refractivity contribution < 1.29 is 19.2 Å². The summed E-state index contributed by atoms with van der Waals surface area (Å²) < 4.78 is 0. The quantitative estimate of drug-likeness (QED) is 0.420. The van der Waals surface area contributed by atoms with Gasteiger partial charge in [-0.2, -0.15) is 0 Å². The van der Waals surface area contributed by atoms with Gasteiger partial charge in [-0.15, -0.1) is 0 Å². The van der Waals surface area contributed by atoms with Crippen molar-refractivity contribution in [3.63, 3.8) is 0 Å². The van der Waals surface area contributed by atoms with E-state index in [0.29, 0.717) is 29.4 Å². The van der Waals surface area contributed by atoms with Gasteiger partial charge in [-0.25, -0.2) is 4.79 Å². The Kier molecular flexibility index (Phi) is 7.79. The molecule has 146 valence electrons. The molecule has 1 saturated carbocycles. The van der Waals surface area contributed by atoms with Crippen LogP contribution < -0.4 is 10.6 Å². The van der Waals surface area contributed by atoms with Crippen LogP contribution in [-0.2, 0) is 14.4 Å². The van der Waals surface area contributed by atoms with Crippen molar-refractivity contribution >= 4 is 40.6 Å². The second kappa shape index (κ2) is 10.1. The third-order valence-corrected chi connectivity index (χ3v) is 4.34. The Labute approximate surface area is 163 Å². The highest BCUT2D eigenvalue weighted by Gasteiger charge is 2.39. The molecule has 7 nitrogen and oxygen atoms in total. The zero-order chi connectivity index (χ0) is 19.8. The maximum absolute atomic E-state index is 12.5. The van der Waals surface area contributed by atoms with Crippen LogP contribution in [0.4, 0.5) is 10.5 Å². The molecule has 0 aliphatic heterocycles. The molecule has 0 aromatic heterocycles. The number of anilines is 1. The summed E-state index contributed by atoms with van der Waals surface area (Å²) in [6, 6.07) is 5.67. The SMILES string of the molecule is CCCC(=NOCC)C1C(=O)CC(NC(=O)Nc2cccc(Cl)c2)CC1=O. The summed E-state index contributed by atoms with van der Waals surface area (Å²) >= 11 is 5.88. The summed E-state index contributed by atoms with van der Waals surface area (Å²) in [4.78, 5) is 42.3. The molecule has 8 heteroatoms. The van der Waals surface area contributed by atoms with E-state index in [1.54, 1.807) is 31.2 Å². The Balaban J connectivity index is 1.98. The third-order valence-electron chi connectivity index (χ3n) is 4.11. The van der Waals surface area contributed by atoms with Crippen LogP contribution in [0, 0.1) is 5.92 Å². The lowest BCUT2D eigenvalue weighted by atomic mass is 9.80. The minimum absolute atomic E-state index is 0.0776. The van der Waals surface area contributed by atoms with Crippen LogP contribution in [0.2, 0.25) is 5.02 Å². The molecule has 2 amide bonds. The van der Waals surface area contributed by atoms with Crippen LogP contribution in [0.3, 0.4) is 0 Å². The number of nitrogens with zero attached hydrogens (tertiary/aromatic N) is 1. The third kappa shape index (κ3) is 6.06. The lowest BCUT2D eigenvalue weighted by Crippen LogP contribution is -2.48. The van der Waals surface area contributed by atoms with Gasteiger partial charge in [0.05, 0.1) is 5.71 Å². The highest BCUT2D eigenvalue weighted by atomic mass is 35.5. The van der Waals surface area contributed by atoms with Gasteiger partial charge in [0.15, 0.2) is 11.6 Å². The number of carbonyl (C=O) groups excluding carboxylic acids is 3. The zero-order valence-corrected chi connectivity index (χ0v) is 16.2. The Hall–Kier alpha value is -2.41. The van der Waals surface area contributed by atoms with Crippen molar-refractivity contribution in [1.29, 1.82) is 0 Å². The van der Waals surface area contributed by atoms with E-state index in [9.17, 15) is 14.4 Å². The van der Waals surface area contributed by atoms with Gasteiger partial charge in [0.25, 0.3) is 0 Å². The summed E-state index contributed by atoms with van der Waals surface area (Å²) in [5, 5.41) is 9.78. The molecule has 0 bridgehead atoms. The van der Waals surface area contributed by atoms with Crippen LogP contribution >= 0.6 is 11.6 Å². The van der Waals surface area contributed by atoms with E-state index in [-0.39, 0.29) is 24.4 Å². The summed E-state index contributed by atoms with van der Waals surface area (Å²) in [5.74, 6) is -1.36. The molecule has 1 aliphatic carbocycles. The topological polar surface area (TPSA) is 96.9 Å². The number of hydrogen-bond donors (Lipinski definition) is 2. The first kappa shape index (κ1) is 20.9. The molecule has 0 atom stereocenters. The summed E-state index contributed by atoms with van der Waals surface area (Å²) in [5.41, 5.74) is 0.997. The van der Waals surface area contributed by atoms with Gasteiger partial charge in [0.2, 0.25) is 0 Å². The van der Waals surface area contributed by atoms with Gasteiger partial charge in [-0.1, -0.05) is 36.2 Å². The molecular formula is C19H24ClN3O4. The predicted octanol–water partition coefficient (Wildman–Crippen LogP) is 3.57. The lowest BCUT2D eigenvalue weighted by molar-refractivity contribution is -0.133. The van der Waals surface area contributed by atoms with E-state index in [4.69, 9.17) is 16.4 Å². The average Bonchev–Trinajstić information content (AvgIpc) is 2.58. The number of ketones is 2. The molecule has 27 heavy (non-hydrogen) atoms. The summed E-state index contributed by atoms with van der Waals surface area (Å²) in [6.07, 6.45) is 1.44. The number of benzene rings is 1. The molecular weight excluding hydrogens is 370 g/mol. The number of Topliss-reactive ketones (excluding diaryl/α,β-unsaturated/α-hetero) is 2. The van der Waals surface area contributed by atoms with Gasteiger partial charge in [0, 0.05) is 29.6 Å². The minimum Gasteiger partial charge on any atom is -0.396 e. The Bertz CT molecular complexity index is 717. The molecule has 0 unspecified atom stereocenters. The van der Waals surface area contributed by atoms with Gasteiger partial charge >= 0.3 is 6.03 Å². The zero-order valence-electron chi connectivity index (χ0n) is 15.5. The standard InChI is InChI=1S/C19H24ClN3O4/c1-3-6-15(23-27-4-2)18-16(24)10-14(11-17(18)25)22-19(26)21-13-8-5-7-12(20)9-13/h5,7-9,14,18H,3-4,6,10-11H2,1-2H3,(H2,21,22,26). The smallest absolute Gasteiger partial charge is 0.319 e. The van der Waals surface area contributed by atoms with Gasteiger partial charge in [-0.05, 0) is 31.5 Å². The van der Waals surface area contributed by atoms with Crippen molar-refractivity contribution in [3.8, 4) is 0 Å². The Morgan fingerprint density at radius 2 is 1.96 bits per heavy atom. The first-order chi connectivity index (χ1) is 12.9. The molecule has 2 rings (SSSR count). The van der Waals surface area contributed by atoms with Crippen LogP contribution in [-0.4, -0.2) is 36.0 Å². The van der Waals surface area contributed by atoms with Crippen molar-refractivity contribution in [1.82, 2.24) is 5.32 Å². The normalized spacial score (nSPS) is 20.3. The van der Waals surface area contributed by atoms with E-state index in [0.717, 1.165) is 6.42 Å². The molecule has 1 aromatic carbocycles. The monoisotopic (exact) mass is 393 g/mol. The predicted molar refractivity (Wildman–Crippen MR) is 104 cm³/mol. The van der Waals surface area contributed by atoms with Gasteiger partial charge < -0.3 is 15.5 Å². The first-order valence-electron chi connectivity index (χ1n) is 9.01. The fraction of sp³-hybridized carbons (Fsp3) is 0.474. The number of carbonyl (C=O) groups is 3. The highest BCUT2D eigenvalue weighted by Crippen LogP contribution is 2.22. The van der Waals surface area contributed by atoms with Gasteiger partial charge in [0.1, 0.15) is 12.5 Å². The maximum Gasteiger partial charge on any atom is 0.319 e. The Morgan fingerprint density at radius 1 is 1.26 bits per heavy atom. The number of urea groups is 1. The number of rotatable bonds is 7. The number of oxime groups is 1. The van der Waals surface area contributed by atoms with Crippen molar-refractivity contribution in [3.05, 3.63) is 29.3 Å². The van der Waals surface area contributed by atoms with Crippen LogP contribution in [0.5, 0.6) is 0 Å². The van der Waals surface area contributed by atoms with Gasteiger partial charge in [-0.3, -0.25) is 9.59 Å². The molecule has 1 fully saturated rings. The number of hydrogen-bond acceptors (Lipinski definition) is 5. The summed E-state index contributed by atoms with van der Waals surface area (Å²) in [6.45, 7) is 4.11. The molecule has 0 spiro atoms. The van der Waals surface area contributed by atoms with Crippen molar-refractivity contribution in [2.24, 2.45) is 11.1 Å². The van der Waals surface area contributed by atoms with Crippen molar-refractivity contribution in [2.75, 3.05) is 11.9 Å². The van der Waals surface area contributed by atoms with E-state index in [1.165, 1.54) is 0 Å². The first-order valence-corrected chi connectivity index (χ1v) is 9.39. The van der Waals surface area contributed by atoms with E-state index >= 15 is 0 Å². The van der Waals surface area contributed by atoms with Crippen LogP contribution in [0.1, 0.15) is 39.5 Å². The summed E-state index contributed by atoms with van der Waals surface area (Å²) in [7, 11) is 0. The lowest BCUT2D eigenvalue weighted by Gasteiger charge is -2.27. The molecule has 0 saturated heterocycles. The second-order valence-corrected chi connectivity index (χ2v) is 6.77. The number of halogens is 1. The van der Waals surface area contributed by atoms with Crippen molar-refractivity contribution in [2.45, 2.75) is 45.6 Å². The fourth-order valence-corrected chi connectivity index (χ4v) is 3.20. The maximum atomic E-state index is 12.5. The number of amides is 2. The Morgan fingerprint density at radius 3 is 2.56 bits per heavy atom. The molecule has 1 aliphatic rings. The second-order valence-electron chi connectivity index (χ2n) is 6.33. The molecule has 0 heterocycles. The minimum atomic E-state index is -0.870. The van der Waals surface area contributed by atoms with Crippen LogP contribution in [0.25, 0.3) is 0 Å². The van der Waals surface area contributed by atoms with E-state index in [2.05, 4.69) is 15.8 Å². The van der Waals surface area contributed by atoms with Crippen LogP contribution in [0.15, 0.2) is 29.4 Å². The molecule has 1 aromatic rings. The van der Waals surface area contributed by atoms with E-state index < -0.39 is 18.0 Å². The molecule has 0 radical (unpaired) electrons. The largest absolute Gasteiger partial charge is 0.396 e. The molecule has 2 N–H and O–H groups in total. The fourth-order valence-electron chi connectivity index (χ4n) is 3.01. The number of nitrogens with one attached hydrogen (secondary N) is 2. The average molecular weight is 394 g/mol. The highest BCUT2D eigenvalue weighted by molar-refractivity contribution is 6.30. The van der Waals surface area contributed by atoms with E-state index in [1.807, 2.05) is 6.92 Å².